The van der Waals surface area contributed by atoms with Crippen LogP contribution < -0.4 is 11.1 Å². The highest BCUT2D eigenvalue weighted by Crippen LogP contribution is 2.21. The van der Waals surface area contributed by atoms with Crippen LogP contribution in [0.2, 0.25) is 5.02 Å². The van der Waals surface area contributed by atoms with E-state index < -0.39 is 0 Å². The predicted molar refractivity (Wildman–Crippen MR) is 79.2 cm³/mol. The predicted octanol–water partition coefficient (Wildman–Crippen LogP) is 1.80. The summed E-state index contributed by atoms with van der Waals surface area (Å²) in [7, 11) is 1.65. The molecule has 3 N–H and O–H groups in total. The molecule has 0 saturated carbocycles. The van der Waals surface area contributed by atoms with E-state index in [4.69, 9.17) is 17.3 Å². The van der Waals surface area contributed by atoms with Gasteiger partial charge >= 0.3 is 0 Å². The number of nitrogens with zero attached hydrogens (tertiary/aromatic N) is 1. The van der Waals surface area contributed by atoms with Gasteiger partial charge in [-0.15, -0.1) is 0 Å². The average Bonchev–Trinajstić information content (AvgIpc) is 2.41. The van der Waals surface area contributed by atoms with Crippen LogP contribution >= 0.6 is 11.6 Å². The summed E-state index contributed by atoms with van der Waals surface area (Å²) in [6.45, 7) is 3.75. The lowest BCUT2D eigenvalue weighted by atomic mass is 10.0. The summed E-state index contributed by atoms with van der Waals surface area (Å²) in [5.74, 6) is 0.000800. The van der Waals surface area contributed by atoms with Crippen LogP contribution in [0.3, 0.4) is 0 Å². The number of carbonyl (C=O) groups is 1. The first-order chi connectivity index (χ1) is 9.12. The molecule has 5 heteroatoms. The summed E-state index contributed by atoms with van der Waals surface area (Å²) in [4.78, 5) is 13.7. The van der Waals surface area contributed by atoms with Gasteiger partial charge < -0.3 is 11.1 Å². The molecule has 0 heterocycles. The second-order valence-corrected chi connectivity index (χ2v) is 4.88. The van der Waals surface area contributed by atoms with Gasteiger partial charge in [0.05, 0.1) is 6.54 Å². The molecular formula is C14H22ClN3O. The maximum absolute atomic E-state index is 11.6. The van der Waals surface area contributed by atoms with Gasteiger partial charge in [-0.1, -0.05) is 30.7 Å². The lowest BCUT2D eigenvalue weighted by molar-refractivity contribution is -0.122. The maximum atomic E-state index is 11.6. The molecule has 0 aliphatic rings. The standard InChI is InChI=1S/C14H22ClN3O/c1-3-8-18(10-14(19)17-2)13(9-16)11-4-6-12(15)7-5-11/h4-7,13H,3,8-10,16H2,1-2H3,(H,17,19). The molecule has 1 amide bonds. The fourth-order valence-corrected chi connectivity index (χ4v) is 2.20. The Morgan fingerprint density at radius 3 is 2.53 bits per heavy atom. The minimum atomic E-state index is 0.000800. The summed E-state index contributed by atoms with van der Waals surface area (Å²) in [6.07, 6.45) is 0.973. The number of rotatable bonds is 7. The van der Waals surface area contributed by atoms with Crippen molar-refractivity contribution in [3.63, 3.8) is 0 Å². The van der Waals surface area contributed by atoms with E-state index in [0.29, 0.717) is 18.1 Å². The number of carbonyl (C=O) groups excluding carboxylic acids is 1. The van der Waals surface area contributed by atoms with E-state index in [-0.39, 0.29) is 11.9 Å². The number of hydrogen-bond acceptors (Lipinski definition) is 3. The van der Waals surface area contributed by atoms with Gasteiger partial charge in [-0.3, -0.25) is 9.69 Å². The zero-order valence-corrected chi connectivity index (χ0v) is 12.3. The van der Waals surface area contributed by atoms with Gasteiger partial charge in [0.25, 0.3) is 0 Å². The zero-order valence-electron chi connectivity index (χ0n) is 11.5. The maximum Gasteiger partial charge on any atom is 0.233 e. The molecule has 19 heavy (non-hydrogen) atoms. The van der Waals surface area contributed by atoms with Crippen molar-refractivity contribution in [2.45, 2.75) is 19.4 Å². The number of hydrogen-bond donors (Lipinski definition) is 2. The van der Waals surface area contributed by atoms with E-state index in [1.54, 1.807) is 7.05 Å². The molecule has 0 spiro atoms. The van der Waals surface area contributed by atoms with Crippen LogP contribution in [-0.4, -0.2) is 37.5 Å². The average molecular weight is 284 g/mol. The summed E-state index contributed by atoms with van der Waals surface area (Å²) in [6, 6.07) is 7.67. The molecule has 1 rings (SSSR count). The topological polar surface area (TPSA) is 58.4 Å². The van der Waals surface area contributed by atoms with E-state index in [0.717, 1.165) is 18.5 Å². The first-order valence-corrected chi connectivity index (χ1v) is 6.90. The summed E-state index contributed by atoms with van der Waals surface area (Å²) in [5.41, 5.74) is 6.97. The van der Waals surface area contributed by atoms with Crippen molar-refractivity contribution < 1.29 is 4.79 Å². The van der Waals surface area contributed by atoms with Crippen molar-refractivity contribution >= 4 is 17.5 Å². The smallest absolute Gasteiger partial charge is 0.233 e. The van der Waals surface area contributed by atoms with Crippen molar-refractivity contribution in [1.82, 2.24) is 10.2 Å². The number of nitrogens with one attached hydrogen (secondary N) is 1. The zero-order chi connectivity index (χ0) is 14.3. The second kappa shape index (κ2) is 8.15. The van der Waals surface area contributed by atoms with Gasteiger partial charge in [-0.25, -0.2) is 0 Å². The molecule has 0 radical (unpaired) electrons. The van der Waals surface area contributed by atoms with Gasteiger partial charge in [0.2, 0.25) is 5.91 Å². The number of amides is 1. The SMILES string of the molecule is CCCN(CC(=O)NC)C(CN)c1ccc(Cl)cc1. The molecular weight excluding hydrogens is 262 g/mol. The molecule has 0 aromatic heterocycles. The van der Waals surface area contributed by atoms with Crippen LogP contribution in [0.5, 0.6) is 0 Å². The Bertz CT molecular complexity index is 394. The van der Waals surface area contributed by atoms with E-state index in [1.165, 1.54) is 0 Å². The van der Waals surface area contributed by atoms with E-state index in [2.05, 4.69) is 17.1 Å². The summed E-state index contributed by atoms with van der Waals surface area (Å²) < 4.78 is 0. The molecule has 1 aromatic rings. The lowest BCUT2D eigenvalue weighted by Gasteiger charge is -2.30. The van der Waals surface area contributed by atoms with E-state index in [9.17, 15) is 4.79 Å². The molecule has 0 saturated heterocycles. The van der Waals surface area contributed by atoms with Gasteiger partial charge in [-0.05, 0) is 30.7 Å². The third kappa shape index (κ3) is 4.82. The first kappa shape index (κ1) is 16.0. The highest BCUT2D eigenvalue weighted by Gasteiger charge is 2.20. The van der Waals surface area contributed by atoms with Gasteiger partial charge in [0, 0.05) is 24.7 Å². The Morgan fingerprint density at radius 1 is 1.42 bits per heavy atom. The molecule has 0 bridgehead atoms. The number of nitrogens with two attached hydrogens (primary N) is 1. The van der Waals surface area contributed by atoms with Crippen LogP contribution in [0.25, 0.3) is 0 Å². The molecule has 1 atom stereocenters. The van der Waals surface area contributed by atoms with Crippen LogP contribution in [0.1, 0.15) is 24.9 Å². The number of benzene rings is 1. The van der Waals surface area contributed by atoms with Crippen LogP contribution in [-0.2, 0) is 4.79 Å². The van der Waals surface area contributed by atoms with Crippen molar-refractivity contribution in [2.75, 3.05) is 26.7 Å². The lowest BCUT2D eigenvalue weighted by Crippen LogP contribution is -2.41. The number of halogens is 1. The minimum absolute atomic E-state index is 0.000800. The Morgan fingerprint density at radius 2 is 2.05 bits per heavy atom. The number of likely N-dealkylation sites (N-methyl/N-ethyl adjacent to an activating group) is 1. The third-order valence-electron chi connectivity index (χ3n) is 3.06. The normalized spacial score (nSPS) is 12.5. The minimum Gasteiger partial charge on any atom is -0.358 e. The Hall–Kier alpha value is -1.10. The monoisotopic (exact) mass is 283 g/mol. The molecule has 1 aromatic carbocycles. The molecule has 1 unspecified atom stereocenters. The molecule has 0 aliphatic heterocycles. The van der Waals surface area contributed by atoms with Crippen LogP contribution in [0, 0.1) is 0 Å². The molecule has 0 aliphatic carbocycles. The van der Waals surface area contributed by atoms with Crippen LogP contribution in [0.4, 0.5) is 0 Å². The van der Waals surface area contributed by atoms with Gasteiger partial charge in [0.15, 0.2) is 0 Å². The van der Waals surface area contributed by atoms with Gasteiger partial charge in [0.1, 0.15) is 0 Å². The molecule has 106 valence electrons. The van der Waals surface area contributed by atoms with E-state index >= 15 is 0 Å². The fourth-order valence-electron chi connectivity index (χ4n) is 2.08. The quantitative estimate of drug-likeness (QED) is 0.802. The highest BCUT2D eigenvalue weighted by molar-refractivity contribution is 6.30. The highest BCUT2D eigenvalue weighted by atomic mass is 35.5. The Labute approximate surface area is 119 Å². The third-order valence-corrected chi connectivity index (χ3v) is 3.31. The van der Waals surface area contributed by atoms with Crippen molar-refractivity contribution in [3.8, 4) is 0 Å². The second-order valence-electron chi connectivity index (χ2n) is 4.45. The first-order valence-electron chi connectivity index (χ1n) is 6.52. The molecule has 0 fully saturated rings. The largest absolute Gasteiger partial charge is 0.358 e. The Kier molecular flexibility index (Phi) is 6.84. The Balaban J connectivity index is 2.88. The fraction of sp³-hybridized carbons (Fsp3) is 0.500. The summed E-state index contributed by atoms with van der Waals surface area (Å²) >= 11 is 5.90. The van der Waals surface area contributed by atoms with Crippen molar-refractivity contribution in [3.05, 3.63) is 34.9 Å². The van der Waals surface area contributed by atoms with Crippen molar-refractivity contribution in [1.29, 1.82) is 0 Å². The van der Waals surface area contributed by atoms with Crippen LogP contribution in [0.15, 0.2) is 24.3 Å². The van der Waals surface area contributed by atoms with E-state index in [1.807, 2.05) is 24.3 Å². The van der Waals surface area contributed by atoms with Crippen molar-refractivity contribution in [2.24, 2.45) is 5.73 Å². The van der Waals surface area contributed by atoms with Gasteiger partial charge in [-0.2, -0.15) is 0 Å². The summed E-state index contributed by atoms with van der Waals surface area (Å²) in [5, 5.41) is 3.35. The molecule has 4 nitrogen and oxygen atoms in total.